The van der Waals surface area contributed by atoms with Gasteiger partial charge in [-0.25, -0.2) is 4.98 Å². The van der Waals surface area contributed by atoms with E-state index in [2.05, 4.69) is 45.7 Å². The van der Waals surface area contributed by atoms with Crippen LogP contribution in [0.25, 0.3) is 32.8 Å². The third-order valence-corrected chi connectivity index (χ3v) is 7.83. The first-order chi connectivity index (χ1) is 17.1. The van der Waals surface area contributed by atoms with Crippen LogP contribution in [0, 0.1) is 0 Å². The van der Waals surface area contributed by atoms with Crippen molar-refractivity contribution >= 4 is 61.7 Å². The average Bonchev–Trinajstić information content (AvgIpc) is 3.47. The van der Waals surface area contributed by atoms with Gasteiger partial charge < -0.3 is 19.7 Å². The number of benzene rings is 2. The van der Waals surface area contributed by atoms with Gasteiger partial charge in [0.2, 0.25) is 0 Å². The summed E-state index contributed by atoms with van der Waals surface area (Å²) in [7, 11) is 0. The minimum atomic E-state index is 0.700. The van der Waals surface area contributed by atoms with Crippen molar-refractivity contribution in [2.24, 2.45) is 0 Å². The van der Waals surface area contributed by atoms with Crippen molar-refractivity contribution in [3.05, 3.63) is 46.4 Å². The molecule has 0 radical (unpaired) electrons. The summed E-state index contributed by atoms with van der Waals surface area (Å²) in [5.74, 6) is 0. The SMILES string of the molecule is CCN(CC)CCCNc1cc(Cl)cc2nc3c4cc(Cl)ccc4n(CCN4CCCC4)c3cc12. The zero-order valence-electron chi connectivity index (χ0n) is 20.8. The van der Waals surface area contributed by atoms with Crippen LogP contribution in [0.5, 0.6) is 0 Å². The van der Waals surface area contributed by atoms with Gasteiger partial charge in [-0.1, -0.05) is 37.0 Å². The Kier molecular flexibility index (Phi) is 7.68. The molecule has 0 spiro atoms. The Labute approximate surface area is 218 Å². The van der Waals surface area contributed by atoms with Crippen LogP contribution in [0.4, 0.5) is 5.69 Å². The molecule has 3 heterocycles. The van der Waals surface area contributed by atoms with Crippen molar-refractivity contribution < 1.29 is 0 Å². The first-order valence-corrected chi connectivity index (χ1v) is 13.7. The molecule has 1 aliphatic rings. The molecule has 1 saturated heterocycles. The van der Waals surface area contributed by atoms with E-state index in [9.17, 15) is 0 Å². The lowest BCUT2D eigenvalue weighted by atomic mass is 10.1. The van der Waals surface area contributed by atoms with E-state index in [1.54, 1.807) is 0 Å². The minimum absolute atomic E-state index is 0.700. The van der Waals surface area contributed by atoms with Gasteiger partial charge in [-0.15, -0.1) is 0 Å². The molecule has 0 unspecified atom stereocenters. The van der Waals surface area contributed by atoms with Crippen LogP contribution < -0.4 is 5.32 Å². The Bertz CT molecular complexity index is 1320. The van der Waals surface area contributed by atoms with Crippen molar-refractivity contribution in [1.82, 2.24) is 19.4 Å². The highest BCUT2D eigenvalue weighted by Gasteiger charge is 2.17. The number of anilines is 1. The van der Waals surface area contributed by atoms with Crippen LogP contribution in [0.1, 0.15) is 33.1 Å². The number of aromatic nitrogens is 2. The van der Waals surface area contributed by atoms with Gasteiger partial charge in [0.25, 0.3) is 0 Å². The van der Waals surface area contributed by atoms with Gasteiger partial charge in [0, 0.05) is 46.1 Å². The Hall–Kier alpha value is -2.05. The van der Waals surface area contributed by atoms with Gasteiger partial charge in [-0.2, -0.15) is 0 Å². The number of nitrogens with zero attached hydrogens (tertiary/aromatic N) is 4. The molecule has 7 heteroatoms. The van der Waals surface area contributed by atoms with Crippen LogP contribution in [-0.4, -0.2) is 65.2 Å². The zero-order valence-corrected chi connectivity index (χ0v) is 22.3. The predicted molar refractivity (Wildman–Crippen MR) is 151 cm³/mol. The quantitative estimate of drug-likeness (QED) is 0.235. The molecule has 1 aliphatic heterocycles. The number of hydrogen-bond donors (Lipinski definition) is 1. The summed E-state index contributed by atoms with van der Waals surface area (Å²) in [6.45, 7) is 13.0. The molecule has 2 aromatic carbocycles. The van der Waals surface area contributed by atoms with E-state index in [1.165, 1.54) is 31.4 Å². The second-order valence-electron chi connectivity index (χ2n) is 9.55. The lowest BCUT2D eigenvalue weighted by Crippen LogP contribution is -2.25. The molecule has 1 N–H and O–H groups in total. The summed E-state index contributed by atoms with van der Waals surface area (Å²) in [5, 5.41) is 7.30. The zero-order chi connectivity index (χ0) is 24.4. The lowest BCUT2D eigenvalue weighted by Gasteiger charge is -2.18. The van der Waals surface area contributed by atoms with Gasteiger partial charge in [0.05, 0.1) is 22.1 Å². The number of hydrogen-bond acceptors (Lipinski definition) is 4. The summed E-state index contributed by atoms with van der Waals surface area (Å²) in [6.07, 6.45) is 3.69. The van der Waals surface area contributed by atoms with E-state index in [-0.39, 0.29) is 0 Å². The molecule has 2 aromatic heterocycles. The molecule has 0 atom stereocenters. The Morgan fingerprint density at radius 3 is 2.49 bits per heavy atom. The molecule has 35 heavy (non-hydrogen) atoms. The number of halogens is 2. The third-order valence-electron chi connectivity index (χ3n) is 7.37. The first kappa shape index (κ1) is 24.6. The molecule has 0 amide bonds. The highest BCUT2D eigenvalue weighted by molar-refractivity contribution is 6.32. The predicted octanol–water partition coefficient (Wildman–Crippen LogP) is 6.89. The van der Waals surface area contributed by atoms with Crippen molar-refractivity contribution in [2.75, 3.05) is 51.1 Å². The van der Waals surface area contributed by atoms with Gasteiger partial charge in [0.1, 0.15) is 0 Å². The largest absolute Gasteiger partial charge is 0.384 e. The van der Waals surface area contributed by atoms with Crippen LogP contribution >= 0.6 is 23.2 Å². The van der Waals surface area contributed by atoms with Crippen molar-refractivity contribution in [2.45, 2.75) is 39.7 Å². The maximum Gasteiger partial charge on any atom is 0.0968 e. The summed E-state index contributed by atoms with van der Waals surface area (Å²) in [4.78, 5) is 10.1. The summed E-state index contributed by atoms with van der Waals surface area (Å²) < 4.78 is 2.42. The van der Waals surface area contributed by atoms with Gasteiger partial charge in [0.15, 0.2) is 0 Å². The van der Waals surface area contributed by atoms with Gasteiger partial charge >= 0.3 is 0 Å². The van der Waals surface area contributed by atoms with E-state index in [1.807, 2.05) is 24.3 Å². The van der Waals surface area contributed by atoms with Crippen LogP contribution in [0.3, 0.4) is 0 Å². The average molecular weight is 513 g/mol. The Balaban J connectivity index is 1.53. The fraction of sp³-hybridized carbons (Fsp3) is 0.464. The van der Waals surface area contributed by atoms with E-state index in [0.29, 0.717) is 5.02 Å². The van der Waals surface area contributed by atoms with Crippen molar-refractivity contribution in [1.29, 1.82) is 0 Å². The number of nitrogens with one attached hydrogen (secondary N) is 1. The highest BCUT2D eigenvalue weighted by atomic mass is 35.5. The second-order valence-corrected chi connectivity index (χ2v) is 10.4. The van der Waals surface area contributed by atoms with Gasteiger partial charge in [-0.3, -0.25) is 0 Å². The second kappa shape index (κ2) is 10.9. The van der Waals surface area contributed by atoms with Crippen molar-refractivity contribution in [3.8, 4) is 0 Å². The molecule has 5 rings (SSSR count). The van der Waals surface area contributed by atoms with E-state index >= 15 is 0 Å². The highest BCUT2D eigenvalue weighted by Crippen LogP contribution is 2.35. The van der Waals surface area contributed by atoms with Crippen LogP contribution in [0.2, 0.25) is 10.0 Å². The third kappa shape index (κ3) is 5.24. The molecular weight excluding hydrogens is 477 g/mol. The molecule has 4 aromatic rings. The van der Waals surface area contributed by atoms with E-state index < -0.39 is 0 Å². The van der Waals surface area contributed by atoms with E-state index in [4.69, 9.17) is 28.2 Å². The molecule has 0 bridgehead atoms. The Morgan fingerprint density at radius 2 is 1.71 bits per heavy atom. The standard InChI is InChI=1S/C28H35Cl2N5/c1-3-33(4-2)13-7-10-31-24-17-21(30)18-25-22(24)19-27-28(32-25)23-16-20(29)8-9-26(23)35(27)15-14-34-11-5-6-12-34/h8-9,16-19,31H,3-7,10-15H2,1-2H3. The number of rotatable bonds is 10. The van der Waals surface area contributed by atoms with Crippen LogP contribution in [0.15, 0.2) is 36.4 Å². The molecule has 5 nitrogen and oxygen atoms in total. The number of pyridine rings is 1. The lowest BCUT2D eigenvalue weighted by molar-refractivity contribution is 0.303. The normalized spacial score (nSPS) is 14.8. The molecular formula is C28H35Cl2N5. The molecule has 186 valence electrons. The first-order valence-electron chi connectivity index (χ1n) is 13.0. The molecule has 0 saturated carbocycles. The topological polar surface area (TPSA) is 36.3 Å². The van der Waals surface area contributed by atoms with E-state index in [0.717, 1.165) is 83.7 Å². The van der Waals surface area contributed by atoms with Crippen molar-refractivity contribution in [3.63, 3.8) is 0 Å². The molecule has 0 aliphatic carbocycles. The minimum Gasteiger partial charge on any atom is -0.384 e. The summed E-state index contributed by atoms with van der Waals surface area (Å²) >= 11 is 12.9. The summed E-state index contributed by atoms with van der Waals surface area (Å²) in [5.41, 5.74) is 5.30. The van der Waals surface area contributed by atoms with Gasteiger partial charge in [-0.05, 0) is 88.4 Å². The number of likely N-dealkylation sites (tertiary alicyclic amines) is 1. The summed E-state index contributed by atoms with van der Waals surface area (Å²) in [6, 6.07) is 12.4. The maximum absolute atomic E-state index is 6.53. The fourth-order valence-corrected chi connectivity index (χ4v) is 5.78. The maximum atomic E-state index is 6.53. The van der Waals surface area contributed by atoms with Crippen LogP contribution in [-0.2, 0) is 6.54 Å². The number of fused-ring (bicyclic) bond motifs is 4. The molecule has 1 fully saturated rings. The fourth-order valence-electron chi connectivity index (χ4n) is 5.40. The Morgan fingerprint density at radius 1 is 0.914 bits per heavy atom. The monoisotopic (exact) mass is 511 g/mol. The smallest absolute Gasteiger partial charge is 0.0968 e.